The average Bonchev–Trinajstić information content (AvgIpc) is 2.46. The van der Waals surface area contributed by atoms with Crippen molar-refractivity contribution >= 4 is 11.6 Å². The highest BCUT2D eigenvalue weighted by atomic mass is 16.2. The quantitative estimate of drug-likeness (QED) is 0.587. The Bertz CT molecular complexity index is 406. The van der Waals surface area contributed by atoms with Crippen molar-refractivity contribution < 1.29 is 4.79 Å². The van der Waals surface area contributed by atoms with Crippen molar-refractivity contribution in [2.45, 2.75) is 46.1 Å². The maximum atomic E-state index is 12.7. The Morgan fingerprint density at radius 3 is 2.63 bits per heavy atom. The second kappa shape index (κ2) is 7.79. The smallest absolute Gasteiger partial charge is 0.256 e. The zero-order valence-corrected chi connectivity index (χ0v) is 12.1. The minimum absolute atomic E-state index is 0.0522. The molecule has 1 aromatic rings. The summed E-state index contributed by atoms with van der Waals surface area (Å²) >= 11 is 0. The summed E-state index contributed by atoms with van der Waals surface area (Å²) < 4.78 is 0. The molecule has 0 fully saturated rings. The lowest BCUT2D eigenvalue weighted by atomic mass is 10.1. The number of hydrazine groups is 1. The van der Waals surface area contributed by atoms with Crippen LogP contribution in [-0.2, 0) is 0 Å². The van der Waals surface area contributed by atoms with Crippen LogP contribution in [0.25, 0.3) is 0 Å². The fourth-order valence-corrected chi connectivity index (χ4v) is 2.02. The number of carbonyl (C=O) groups is 1. The molecule has 4 nitrogen and oxygen atoms in total. The van der Waals surface area contributed by atoms with Crippen molar-refractivity contribution in [1.29, 1.82) is 0 Å². The summed E-state index contributed by atoms with van der Waals surface area (Å²) in [5, 5.41) is 0. The highest BCUT2D eigenvalue weighted by Crippen LogP contribution is 2.18. The molecule has 0 aromatic heterocycles. The van der Waals surface area contributed by atoms with E-state index in [1.165, 1.54) is 0 Å². The minimum atomic E-state index is 0.0522. The molecule has 0 aliphatic heterocycles. The Hall–Kier alpha value is -1.55. The predicted octanol–water partition coefficient (Wildman–Crippen LogP) is 3.01. The van der Waals surface area contributed by atoms with Gasteiger partial charge in [-0.25, -0.2) is 0 Å². The van der Waals surface area contributed by atoms with E-state index in [0.717, 1.165) is 25.8 Å². The maximum Gasteiger partial charge on any atom is 0.256 e. The van der Waals surface area contributed by atoms with Gasteiger partial charge in [-0.05, 0) is 31.9 Å². The third-order valence-corrected chi connectivity index (χ3v) is 3.45. The van der Waals surface area contributed by atoms with Crippen LogP contribution in [0.4, 0.5) is 5.69 Å². The summed E-state index contributed by atoms with van der Waals surface area (Å²) in [5.74, 6) is 5.53. The van der Waals surface area contributed by atoms with Gasteiger partial charge in [-0.15, -0.1) is 0 Å². The predicted molar refractivity (Wildman–Crippen MR) is 79.9 cm³/mol. The van der Waals surface area contributed by atoms with E-state index in [2.05, 4.69) is 26.2 Å². The lowest BCUT2D eigenvalue weighted by molar-refractivity contribution is 0.0686. The first-order chi connectivity index (χ1) is 9.15. The molecule has 0 bridgehead atoms. The van der Waals surface area contributed by atoms with Gasteiger partial charge in [-0.3, -0.25) is 10.6 Å². The van der Waals surface area contributed by atoms with Gasteiger partial charge in [-0.2, -0.15) is 0 Å². The molecule has 0 heterocycles. The Kier molecular flexibility index (Phi) is 6.36. The van der Waals surface area contributed by atoms with E-state index in [4.69, 9.17) is 5.84 Å². The van der Waals surface area contributed by atoms with E-state index in [9.17, 15) is 4.79 Å². The van der Waals surface area contributed by atoms with Gasteiger partial charge >= 0.3 is 0 Å². The van der Waals surface area contributed by atoms with Crippen LogP contribution in [0.2, 0.25) is 0 Å². The van der Waals surface area contributed by atoms with Gasteiger partial charge in [-0.1, -0.05) is 32.4 Å². The average molecular weight is 263 g/mol. The molecular formula is C15H25N3O. The Balaban J connectivity index is 2.97. The van der Waals surface area contributed by atoms with Gasteiger partial charge in [0.1, 0.15) is 0 Å². The number of nitrogens with zero attached hydrogens (tertiary/aromatic N) is 1. The van der Waals surface area contributed by atoms with Crippen LogP contribution in [0, 0.1) is 0 Å². The number of hydrogen-bond acceptors (Lipinski definition) is 3. The topological polar surface area (TPSA) is 58.4 Å². The van der Waals surface area contributed by atoms with Crippen LogP contribution >= 0.6 is 0 Å². The van der Waals surface area contributed by atoms with E-state index < -0.39 is 0 Å². The summed E-state index contributed by atoms with van der Waals surface area (Å²) in [6.07, 6.45) is 3.05. The van der Waals surface area contributed by atoms with Crippen LogP contribution in [0.5, 0.6) is 0 Å². The van der Waals surface area contributed by atoms with E-state index in [0.29, 0.717) is 11.3 Å². The molecule has 0 spiro atoms. The highest BCUT2D eigenvalue weighted by Gasteiger charge is 2.21. The number of nitrogens with one attached hydrogen (secondary N) is 1. The molecule has 3 N–H and O–H groups in total. The monoisotopic (exact) mass is 263 g/mol. The van der Waals surface area contributed by atoms with Crippen molar-refractivity contribution in [3.05, 3.63) is 29.8 Å². The van der Waals surface area contributed by atoms with Gasteiger partial charge < -0.3 is 10.3 Å². The summed E-state index contributed by atoms with van der Waals surface area (Å²) in [4.78, 5) is 14.6. The molecule has 0 aliphatic rings. The largest absolute Gasteiger partial charge is 0.336 e. The molecule has 106 valence electrons. The summed E-state index contributed by atoms with van der Waals surface area (Å²) in [6, 6.07) is 7.61. The zero-order chi connectivity index (χ0) is 14.3. The molecule has 0 radical (unpaired) electrons. The lowest BCUT2D eigenvalue weighted by Gasteiger charge is -2.29. The number of hydrogen-bond donors (Lipinski definition) is 2. The second-order valence-electron chi connectivity index (χ2n) is 4.80. The van der Waals surface area contributed by atoms with Crippen molar-refractivity contribution in [3.8, 4) is 0 Å². The van der Waals surface area contributed by atoms with Gasteiger partial charge in [0.05, 0.1) is 11.3 Å². The molecule has 1 atom stereocenters. The van der Waals surface area contributed by atoms with Gasteiger partial charge in [0, 0.05) is 12.6 Å². The first kappa shape index (κ1) is 15.5. The van der Waals surface area contributed by atoms with Crippen molar-refractivity contribution in [3.63, 3.8) is 0 Å². The number of nitrogens with two attached hydrogens (primary N) is 1. The first-order valence-electron chi connectivity index (χ1n) is 7.02. The number of benzene rings is 1. The van der Waals surface area contributed by atoms with E-state index >= 15 is 0 Å². The molecule has 1 rings (SSSR count). The van der Waals surface area contributed by atoms with Crippen LogP contribution in [0.1, 0.15) is 50.4 Å². The summed E-state index contributed by atoms with van der Waals surface area (Å²) in [6.45, 7) is 7.12. The molecule has 0 saturated carbocycles. The van der Waals surface area contributed by atoms with Crippen LogP contribution in [0.15, 0.2) is 24.3 Å². The number of carbonyl (C=O) groups excluding carboxylic acids is 1. The van der Waals surface area contributed by atoms with Gasteiger partial charge in [0.25, 0.3) is 5.91 Å². The first-order valence-corrected chi connectivity index (χ1v) is 7.02. The van der Waals surface area contributed by atoms with Crippen LogP contribution < -0.4 is 11.3 Å². The summed E-state index contributed by atoms with van der Waals surface area (Å²) in [7, 11) is 0. The molecule has 19 heavy (non-hydrogen) atoms. The third kappa shape index (κ3) is 3.96. The number of anilines is 1. The number of rotatable bonds is 7. The molecule has 0 saturated heterocycles. The number of nitrogen functional groups attached to an aromatic ring is 1. The van der Waals surface area contributed by atoms with Crippen molar-refractivity contribution in [2.75, 3.05) is 12.0 Å². The normalized spacial score (nSPS) is 12.0. The zero-order valence-electron chi connectivity index (χ0n) is 12.1. The second-order valence-corrected chi connectivity index (χ2v) is 4.80. The molecule has 0 aliphatic carbocycles. The fourth-order valence-electron chi connectivity index (χ4n) is 2.02. The fraction of sp³-hybridized carbons (Fsp3) is 0.533. The molecule has 1 unspecified atom stereocenters. The van der Waals surface area contributed by atoms with Gasteiger partial charge in [0.15, 0.2) is 0 Å². The van der Waals surface area contributed by atoms with E-state index in [-0.39, 0.29) is 11.9 Å². The third-order valence-electron chi connectivity index (χ3n) is 3.45. The number of para-hydroxylation sites is 1. The van der Waals surface area contributed by atoms with Crippen molar-refractivity contribution in [1.82, 2.24) is 4.90 Å². The number of unbranched alkanes of at least 4 members (excludes halogenated alkanes) is 1. The van der Waals surface area contributed by atoms with Crippen LogP contribution in [0.3, 0.4) is 0 Å². The molecule has 4 heteroatoms. The maximum absolute atomic E-state index is 12.7. The molecular weight excluding hydrogens is 238 g/mol. The lowest BCUT2D eigenvalue weighted by Crippen LogP contribution is -2.39. The summed E-state index contributed by atoms with van der Waals surface area (Å²) in [5.41, 5.74) is 3.92. The Labute approximate surface area is 115 Å². The minimum Gasteiger partial charge on any atom is -0.336 e. The van der Waals surface area contributed by atoms with Crippen LogP contribution in [-0.4, -0.2) is 23.4 Å². The molecule has 1 amide bonds. The van der Waals surface area contributed by atoms with E-state index in [1.807, 2.05) is 29.2 Å². The van der Waals surface area contributed by atoms with E-state index in [1.54, 1.807) is 0 Å². The van der Waals surface area contributed by atoms with Gasteiger partial charge in [0.2, 0.25) is 0 Å². The number of amides is 1. The SMILES string of the molecule is CCCCN(C(=O)c1ccccc1NN)C(C)CC. The standard InChI is InChI=1S/C15H25N3O/c1-4-6-11-18(12(3)5-2)15(19)13-9-7-8-10-14(13)17-16/h7-10,12,17H,4-6,11,16H2,1-3H3. The Morgan fingerprint density at radius 1 is 1.37 bits per heavy atom. The molecule has 1 aromatic carbocycles. The highest BCUT2D eigenvalue weighted by molar-refractivity contribution is 5.99. The Morgan fingerprint density at radius 2 is 2.05 bits per heavy atom. The van der Waals surface area contributed by atoms with Crippen molar-refractivity contribution in [2.24, 2.45) is 5.84 Å².